The summed E-state index contributed by atoms with van der Waals surface area (Å²) in [5.74, 6) is 1.77. The largest absolute Gasteiger partial charge is 0.370 e. The zero-order valence-corrected chi connectivity index (χ0v) is 11.8. The van der Waals surface area contributed by atoms with Crippen LogP contribution in [0.15, 0.2) is 24.5 Å². The van der Waals surface area contributed by atoms with Crippen molar-refractivity contribution in [3.63, 3.8) is 0 Å². The maximum atomic E-state index is 4.44. The zero-order chi connectivity index (χ0) is 13.7. The van der Waals surface area contributed by atoms with Crippen molar-refractivity contribution in [1.82, 2.24) is 15.0 Å². The molecule has 0 saturated carbocycles. The molecule has 2 aromatic heterocycles. The first-order valence-electron chi connectivity index (χ1n) is 6.61. The van der Waals surface area contributed by atoms with Crippen LogP contribution in [0.3, 0.4) is 0 Å². The van der Waals surface area contributed by atoms with E-state index in [0.29, 0.717) is 0 Å². The second kappa shape index (κ2) is 6.27. The molecule has 0 bridgehead atoms. The van der Waals surface area contributed by atoms with Gasteiger partial charge in [0.15, 0.2) is 0 Å². The normalized spacial score (nSPS) is 10.5. The highest BCUT2D eigenvalue weighted by molar-refractivity contribution is 5.45. The maximum absolute atomic E-state index is 4.44. The van der Waals surface area contributed by atoms with Gasteiger partial charge in [-0.2, -0.15) is 0 Å². The highest BCUT2D eigenvalue weighted by atomic mass is 15.0. The summed E-state index contributed by atoms with van der Waals surface area (Å²) in [5, 5.41) is 3.39. The lowest BCUT2D eigenvalue weighted by Gasteiger charge is -2.10. The van der Waals surface area contributed by atoms with E-state index >= 15 is 0 Å². The Morgan fingerprint density at radius 2 is 2.00 bits per heavy atom. The first kappa shape index (κ1) is 13.5. The number of nitrogens with one attached hydrogen (secondary N) is 1. The fraction of sp³-hybridized carbons (Fsp3) is 0.400. The van der Waals surface area contributed by atoms with Crippen LogP contribution in [0.5, 0.6) is 0 Å². The average Bonchev–Trinajstić information content (AvgIpc) is 2.41. The Balaban J connectivity index is 1.86. The van der Waals surface area contributed by atoms with E-state index in [0.717, 1.165) is 42.3 Å². The van der Waals surface area contributed by atoms with Gasteiger partial charge in [-0.1, -0.05) is 6.07 Å². The van der Waals surface area contributed by atoms with Crippen LogP contribution in [0.1, 0.15) is 29.1 Å². The fourth-order valence-electron chi connectivity index (χ4n) is 1.99. The van der Waals surface area contributed by atoms with Crippen molar-refractivity contribution in [2.24, 2.45) is 0 Å². The molecule has 0 aliphatic carbocycles. The molecule has 0 aliphatic rings. The van der Waals surface area contributed by atoms with Crippen molar-refractivity contribution in [2.75, 3.05) is 11.9 Å². The Morgan fingerprint density at radius 3 is 2.74 bits per heavy atom. The number of anilines is 1. The highest BCUT2D eigenvalue weighted by Crippen LogP contribution is 2.14. The summed E-state index contributed by atoms with van der Waals surface area (Å²) in [6.07, 6.45) is 5.82. The van der Waals surface area contributed by atoms with Crippen molar-refractivity contribution >= 4 is 5.82 Å². The zero-order valence-electron chi connectivity index (χ0n) is 11.8. The van der Waals surface area contributed by atoms with E-state index in [9.17, 15) is 0 Å². The first-order valence-corrected chi connectivity index (χ1v) is 6.61. The minimum atomic E-state index is 0.817. The lowest BCUT2D eigenvalue weighted by atomic mass is 10.1. The van der Waals surface area contributed by atoms with Gasteiger partial charge < -0.3 is 5.32 Å². The van der Waals surface area contributed by atoms with Gasteiger partial charge in [-0.15, -0.1) is 0 Å². The Bertz CT molecular complexity index is 537. The van der Waals surface area contributed by atoms with Crippen LogP contribution in [-0.4, -0.2) is 21.5 Å². The number of hydrogen-bond acceptors (Lipinski definition) is 4. The second-order valence-electron chi connectivity index (χ2n) is 4.72. The van der Waals surface area contributed by atoms with Crippen molar-refractivity contribution in [1.29, 1.82) is 0 Å². The summed E-state index contributed by atoms with van der Waals surface area (Å²) >= 11 is 0. The summed E-state index contributed by atoms with van der Waals surface area (Å²) in [7, 11) is 0. The molecule has 4 nitrogen and oxygen atoms in total. The minimum absolute atomic E-state index is 0.817. The third-order valence-electron chi connectivity index (χ3n) is 3.16. The van der Waals surface area contributed by atoms with Gasteiger partial charge in [0, 0.05) is 30.2 Å². The SMILES string of the molecule is Cc1nc(C)c(C)c(NCCCc2cccnc2)n1. The average molecular weight is 256 g/mol. The first-order chi connectivity index (χ1) is 9.16. The van der Waals surface area contributed by atoms with Gasteiger partial charge in [0.1, 0.15) is 11.6 Å². The number of aromatic nitrogens is 3. The summed E-state index contributed by atoms with van der Waals surface area (Å²) in [6.45, 7) is 6.90. The van der Waals surface area contributed by atoms with Gasteiger partial charge >= 0.3 is 0 Å². The Morgan fingerprint density at radius 1 is 1.16 bits per heavy atom. The van der Waals surface area contributed by atoms with Gasteiger partial charge in [-0.3, -0.25) is 4.98 Å². The molecular formula is C15H20N4. The summed E-state index contributed by atoms with van der Waals surface area (Å²) in [6, 6.07) is 4.08. The Kier molecular flexibility index (Phi) is 4.44. The molecule has 0 atom stereocenters. The van der Waals surface area contributed by atoms with E-state index in [2.05, 4.69) is 33.3 Å². The highest BCUT2D eigenvalue weighted by Gasteiger charge is 2.04. The predicted molar refractivity (Wildman–Crippen MR) is 77.3 cm³/mol. The number of nitrogens with zero attached hydrogens (tertiary/aromatic N) is 3. The van der Waals surface area contributed by atoms with Crippen molar-refractivity contribution in [3.8, 4) is 0 Å². The predicted octanol–water partition coefficient (Wildman–Crippen LogP) is 2.84. The number of pyridine rings is 1. The molecule has 2 rings (SSSR count). The van der Waals surface area contributed by atoms with Crippen LogP contribution >= 0.6 is 0 Å². The molecule has 2 heterocycles. The molecule has 0 amide bonds. The van der Waals surface area contributed by atoms with E-state index in [-0.39, 0.29) is 0 Å². The summed E-state index contributed by atoms with van der Waals surface area (Å²) in [4.78, 5) is 12.9. The molecule has 1 N–H and O–H groups in total. The van der Waals surface area contributed by atoms with Gasteiger partial charge in [-0.25, -0.2) is 9.97 Å². The van der Waals surface area contributed by atoms with E-state index in [1.807, 2.05) is 26.1 Å². The van der Waals surface area contributed by atoms with Crippen molar-refractivity contribution in [2.45, 2.75) is 33.6 Å². The Labute approximate surface area is 114 Å². The van der Waals surface area contributed by atoms with E-state index in [1.165, 1.54) is 5.56 Å². The third kappa shape index (κ3) is 3.74. The van der Waals surface area contributed by atoms with Crippen molar-refractivity contribution in [3.05, 3.63) is 47.2 Å². The molecule has 2 aromatic rings. The van der Waals surface area contributed by atoms with Crippen LogP contribution in [0, 0.1) is 20.8 Å². The molecule has 0 fully saturated rings. The number of hydrogen-bond donors (Lipinski definition) is 1. The number of aryl methyl sites for hydroxylation is 3. The van der Waals surface area contributed by atoms with Crippen LogP contribution in [0.4, 0.5) is 5.82 Å². The molecule has 0 spiro atoms. The quantitative estimate of drug-likeness (QED) is 0.836. The van der Waals surface area contributed by atoms with Crippen LogP contribution < -0.4 is 5.32 Å². The lowest BCUT2D eigenvalue weighted by Crippen LogP contribution is -2.09. The van der Waals surface area contributed by atoms with Gasteiger partial charge in [0.25, 0.3) is 0 Å². The van der Waals surface area contributed by atoms with Crippen LogP contribution in [0.2, 0.25) is 0 Å². The summed E-state index contributed by atoms with van der Waals surface area (Å²) < 4.78 is 0. The standard InChI is InChI=1S/C15H20N4/c1-11-12(2)18-13(3)19-15(11)17-9-5-7-14-6-4-8-16-10-14/h4,6,8,10H,5,7,9H2,1-3H3,(H,17,18,19). The fourth-order valence-corrected chi connectivity index (χ4v) is 1.99. The monoisotopic (exact) mass is 256 g/mol. The van der Waals surface area contributed by atoms with Crippen LogP contribution in [0.25, 0.3) is 0 Å². The molecule has 0 aliphatic heterocycles. The minimum Gasteiger partial charge on any atom is -0.370 e. The number of rotatable bonds is 5. The Hall–Kier alpha value is -1.97. The molecule has 4 heteroatoms. The van der Waals surface area contributed by atoms with E-state index in [4.69, 9.17) is 0 Å². The van der Waals surface area contributed by atoms with Gasteiger partial charge in [0.2, 0.25) is 0 Å². The molecule has 100 valence electrons. The van der Waals surface area contributed by atoms with E-state index < -0.39 is 0 Å². The maximum Gasteiger partial charge on any atom is 0.132 e. The molecular weight excluding hydrogens is 236 g/mol. The molecule has 0 unspecified atom stereocenters. The molecule has 0 aromatic carbocycles. The molecule has 19 heavy (non-hydrogen) atoms. The molecule has 0 saturated heterocycles. The van der Waals surface area contributed by atoms with Gasteiger partial charge in [-0.05, 0) is 45.2 Å². The van der Waals surface area contributed by atoms with Gasteiger partial charge in [0.05, 0.1) is 0 Å². The summed E-state index contributed by atoms with van der Waals surface area (Å²) in [5.41, 5.74) is 3.45. The topological polar surface area (TPSA) is 50.7 Å². The smallest absolute Gasteiger partial charge is 0.132 e. The third-order valence-corrected chi connectivity index (χ3v) is 3.16. The molecule has 0 radical (unpaired) electrons. The second-order valence-corrected chi connectivity index (χ2v) is 4.72. The van der Waals surface area contributed by atoms with Crippen molar-refractivity contribution < 1.29 is 0 Å². The van der Waals surface area contributed by atoms with Crippen LogP contribution in [-0.2, 0) is 6.42 Å². The van der Waals surface area contributed by atoms with E-state index in [1.54, 1.807) is 6.20 Å². The lowest BCUT2D eigenvalue weighted by molar-refractivity contribution is 0.847.